The molecule has 0 aliphatic carbocycles. The molecule has 2 unspecified atom stereocenters. The van der Waals surface area contributed by atoms with Crippen LogP contribution in [0.1, 0.15) is 73.4 Å². The van der Waals surface area contributed by atoms with Gasteiger partial charge >= 0.3 is 0 Å². The van der Waals surface area contributed by atoms with Gasteiger partial charge in [0.05, 0.1) is 23.2 Å². The summed E-state index contributed by atoms with van der Waals surface area (Å²) in [6, 6.07) is 7.78. The van der Waals surface area contributed by atoms with Crippen molar-refractivity contribution in [3.63, 3.8) is 0 Å². The SMILES string of the molecule is CCN(CCNC(=O)CNc1cccc2c1C(=O)N(C1CCC(=O)NC1=O)C2=O)CCNC(=O)c1c(C)[nH]c(/C=C2/c3cc(F)ccc3NC2O)c1C. The summed E-state index contributed by atoms with van der Waals surface area (Å²) in [5, 5.41) is 24.3. The van der Waals surface area contributed by atoms with E-state index in [9.17, 15) is 38.3 Å². The zero-order valence-electron chi connectivity index (χ0n) is 29.5. The molecule has 6 rings (SSSR count). The number of nitrogens with one attached hydrogen (secondary N) is 6. The molecule has 15 nitrogen and oxygen atoms in total. The smallest absolute Gasteiger partial charge is 0.264 e. The van der Waals surface area contributed by atoms with Gasteiger partial charge in [-0.15, -0.1) is 0 Å². The topological polar surface area (TPSA) is 205 Å². The van der Waals surface area contributed by atoms with Crippen LogP contribution in [0.3, 0.4) is 0 Å². The first-order valence-corrected chi connectivity index (χ1v) is 17.4. The van der Waals surface area contributed by atoms with Crippen LogP contribution in [-0.2, 0) is 14.4 Å². The van der Waals surface area contributed by atoms with Crippen molar-refractivity contribution in [1.29, 1.82) is 0 Å². The summed E-state index contributed by atoms with van der Waals surface area (Å²) in [7, 11) is 0. The molecule has 0 saturated carbocycles. The van der Waals surface area contributed by atoms with Gasteiger partial charge < -0.3 is 36.3 Å². The molecule has 3 aliphatic heterocycles. The Bertz CT molecular complexity index is 2040. The number of hydrogen-bond donors (Lipinski definition) is 7. The van der Waals surface area contributed by atoms with E-state index in [0.717, 1.165) is 4.90 Å². The highest BCUT2D eigenvalue weighted by molar-refractivity contribution is 6.25. The molecule has 1 aromatic heterocycles. The molecule has 1 saturated heterocycles. The number of anilines is 2. The number of aryl methyl sites for hydroxylation is 1. The number of rotatable bonds is 13. The van der Waals surface area contributed by atoms with Gasteiger partial charge in [0.2, 0.25) is 17.7 Å². The lowest BCUT2D eigenvalue weighted by Gasteiger charge is -2.27. The van der Waals surface area contributed by atoms with Crippen LogP contribution in [0, 0.1) is 19.7 Å². The fraction of sp³-hybridized carbons (Fsp3) is 0.351. The minimum Gasteiger partial charge on any atom is -0.375 e. The second-order valence-corrected chi connectivity index (χ2v) is 13.1. The Labute approximate surface area is 304 Å². The van der Waals surface area contributed by atoms with Crippen LogP contribution in [-0.4, -0.2) is 107 Å². The number of carbonyl (C=O) groups is 6. The van der Waals surface area contributed by atoms with Crippen molar-refractivity contribution in [1.82, 2.24) is 30.7 Å². The summed E-state index contributed by atoms with van der Waals surface area (Å²) in [6.45, 7) is 7.74. The standard InChI is InChI=1S/C37H41FN8O7/c1-4-45(15-13-40-35(51)31-19(2)27(42-20(31)3)17-24-23-16-21(38)8-9-25(23)43-33(24)49)14-12-39-30(48)18-41-26-7-5-6-22-32(26)37(53)46(36(22)52)28-10-11-29(47)44-34(28)50/h5-9,16-17,28,33,41-43,49H,4,10-15,18H2,1-3H3,(H,39,48)(H,40,51)(H,44,47,50)/b24-17-. The van der Waals surface area contributed by atoms with Gasteiger partial charge in [0.1, 0.15) is 11.9 Å². The van der Waals surface area contributed by atoms with Crippen molar-refractivity contribution < 1.29 is 38.3 Å². The first kappa shape index (κ1) is 36.9. The zero-order chi connectivity index (χ0) is 38.0. The Morgan fingerprint density at radius 2 is 1.79 bits per heavy atom. The van der Waals surface area contributed by atoms with Gasteiger partial charge in [-0.05, 0) is 68.8 Å². The van der Waals surface area contributed by atoms with E-state index in [2.05, 4.69) is 36.5 Å². The number of aromatic nitrogens is 1. The van der Waals surface area contributed by atoms with E-state index >= 15 is 0 Å². The number of carbonyl (C=O) groups excluding carboxylic acids is 6. The third-order valence-corrected chi connectivity index (χ3v) is 9.70. The number of piperidine rings is 1. The molecule has 3 aromatic rings. The van der Waals surface area contributed by atoms with Crippen molar-refractivity contribution >= 4 is 58.5 Å². The highest BCUT2D eigenvalue weighted by atomic mass is 19.1. The van der Waals surface area contributed by atoms with Crippen LogP contribution in [0.5, 0.6) is 0 Å². The molecule has 2 aromatic carbocycles. The van der Waals surface area contributed by atoms with Crippen LogP contribution in [0.4, 0.5) is 15.8 Å². The molecule has 3 aliphatic rings. The number of amides is 6. The van der Waals surface area contributed by atoms with Crippen LogP contribution in [0.15, 0.2) is 36.4 Å². The number of aromatic amines is 1. The molecule has 2 atom stereocenters. The highest BCUT2D eigenvalue weighted by Crippen LogP contribution is 2.37. The molecule has 0 spiro atoms. The molecule has 7 N–H and O–H groups in total. The van der Waals surface area contributed by atoms with Crippen molar-refractivity contribution in [2.24, 2.45) is 0 Å². The fourth-order valence-corrected chi connectivity index (χ4v) is 6.92. The number of hydrogen-bond acceptors (Lipinski definition) is 10. The lowest BCUT2D eigenvalue weighted by Crippen LogP contribution is -2.54. The number of imide groups is 2. The monoisotopic (exact) mass is 728 g/mol. The van der Waals surface area contributed by atoms with Crippen molar-refractivity contribution in [3.8, 4) is 0 Å². The summed E-state index contributed by atoms with van der Waals surface area (Å²) in [5.74, 6) is -3.48. The Morgan fingerprint density at radius 1 is 1.04 bits per heavy atom. The Morgan fingerprint density at radius 3 is 2.53 bits per heavy atom. The maximum Gasteiger partial charge on any atom is 0.264 e. The molecule has 278 valence electrons. The average Bonchev–Trinajstić information content (AvgIpc) is 3.69. The first-order valence-electron chi connectivity index (χ1n) is 17.4. The van der Waals surface area contributed by atoms with E-state index < -0.39 is 41.7 Å². The lowest BCUT2D eigenvalue weighted by atomic mass is 10.0. The molecular weight excluding hydrogens is 687 g/mol. The maximum atomic E-state index is 13.9. The van der Waals surface area contributed by atoms with E-state index in [4.69, 9.17) is 0 Å². The van der Waals surface area contributed by atoms with Gasteiger partial charge in [-0.2, -0.15) is 0 Å². The van der Waals surface area contributed by atoms with Gasteiger partial charge in [0.15, 0.2) is 6.23 Å². The summed E-state index contributed by atoms with van der Waals surface area (Å²) >= 11 is 0. The molecule has 4 heterocycles. The number of benzene rings is 2. The summed E-state index contributed by atoms with van der Waals surface area (Å²) in [6.07, 6.45) is 0.753. The van der Waals surface area contributed by atoms with E-state index in [-0.39, 0.29) is 48.0 Å². The number of aliphatic hydroxyl groups is 1. The molecule has 6 amide bonds. The third kappa shape index (κ3) is 7.54. The second kappa shape index (κ2) is 15.4. The predicted molar refractivity (Wildman–Crippen MR) is 193 cm³/mol. The van der Waals surface area contributed by atoms with Crippen LogP contribution in [0.2, 0.25) is 0 Å². The molecule has 0 radical (unpaired) electrons. The maximum absolute atomic E-state index is 13.9. The third-order valence-electron chi connectivity index (χ3n) is 9.70. The normalized spacial score (nSPS) is 18.6. The summed E-state index contributed by atoms with van der Waals surface area (Å²) < 4.78 is 13.9. The van der Waals surface area contributed by atoms with Gasteiger partial charge in [-0.3, -0.25) is 39.0 Å². The highest BCUT2D eigenvalue weighted by Gasteiger charge is 2.45. The first-order chi connectivity index (χ1) is 25.4. The van der Waals surface area contributed by atoms with Crippen molar-refractivity contribution in [2.45, 2.75) is 45.9 Å². The minimum atomic E-state index is -1.09. The van der Waals surface area contributed by atoms with Gasteiger partial charge in [0, 0.05) is 66.5 Å². The van der Waals surface area contributed by atoms with Gasteiger partial charge in [-0.25, -0.2) is 4.39 Å². The number of aliphatic hydroxyl groups excluding tert-OH is 1. The molecular formula is C37H41FN8O7. The Hall–Kier alpha value is -5.87. The number of halogens is 1. The minimum absolute atomic E-state index is 0.0128. The zero-order valence-corrected chi connectivity index (χ0v) is 29.5. The Balaban J connectivity index is 0.968. The molecule has 0 bridgehead atoms. The lowest BCUT2D eigenvalue weighted by molar-refractivity contribution is -0.136. The van der Waals surface area contributed by atoms with Crippen molar-refractivity contribution in [3.05, 3.63) is 81.4 Å². The van der Waals surface area contributed by atoms with E-state index in [1.165, 1.54) is 18.2 Å². The average molecular weight is 729 g/mol. The molecule has 16 heteroatoms. The fourth-order valence-electron chi connectivity index (χ4n) is 6.92. The van der Waals surface area contributed by atoms with E-state index in [1.54, 1.807) is 38.1 Å². The van der Waals surface area contributed by atoms with Crippen LogP contribution in [0.25, 0.3) is 11.6 Å². The summed E-state index contributed by atoms with van der Waals surface area (Å²) in [4.78, 5) is 82.4. The van der Waals surface area contributed by atoms with E-state index in [0.29, 0.717) is 72.1 Å². The van der Waals surface area contributed by atoms with Gasteiger partial charge in [-0.1, -0.05) is 13.0 Å². The van der Waals surface area contributed by atoms with Crippen LogP contribution < -0.4 is 26.6 Å². The second-order valence-electron chi connectivity index (χ2n) is 13.1. The number of fused-ring (bicyclic) bond motifs is 2. The quantitative estimate of drug-likeness (QED) is 0.127. The van der Waals surface area contributed by atoms with E-state index in [1.807, 2.05) is 6.92 Å². The van der Waals surface area contributed by atoms with Crippen molar-refractivity contribution in [2.75, 3.05) is 49.9 Å². The van der Waals surface area contributed by atoms with Gasteiger partial charge in [0.25, 0.3) is 17.7 Å². The Kier molecular flexibility index (Phi) is 10.7. The predicted octanol–water partition coefficient (Wildman–Crippen LogP) is 1.74. The number of nitrogens with zero attached hydrogens (tertiary/aromatic N) is 2. The number of H-pyrrole nitrogens is 1. The van der Waals surface area contributed by atoms with Crippen LogP contribution >= 0.6 is 0 Å². The molecule has 1 fully saturated rings. The molecule has 53 heavy (non-hydrogen) atoms. The number of likely N-dealkylation sites (N-methyl/N-ethyl adjacent to an activating group) is 1. The summed E-state index contributed by atoms with van der Waals surface area (Å²) in [5.41, 5.74) is 4.58. The largest absolute Gasteiger partial charge is 0.375 e.